The summed E-state index contributed by atoms with van der Waals surface area (Å²) in [6.45, 7) is 12.9. The maximum absolute atomic E-state index is 11.4. The van der Waals surface area contributed by atoms with Gasteiger partial charge in [0, 0.05) is 25.4 Å². The largest absolute Gasteiger partial charge is 0.355 e. The van der Waals surface area contributed by atoms with Crippen molar-refractivity contribution in [2.75, 3.05) is 27.2 Å². The van der Waals surface area contributed by atoms with Gasteiger partial charge < -0.3 is 10.2 Å². The van der Waals surface area contributed by atoms with Crippen molar-refractivity contribution < 1.29 is 9.59 Å². The lowest BCUT2D eigenvalue weighted by atomic mass is 9.98. The zero-order valence-electron chi connectivity index (χ0n) is 14.2. The molecule has 0 saturated carbocycles. The Balaban J connectivity index is -0.000000579. The fourth-order valence-electron chi connectivity index (χ4n) is 1.29. The van der Waals surface area contributed by atoms with Crippen LogP contribution in [0.1, 0.15) is 54.4 Å². The van der Waals surface area contributed by atoms with E-state index in [2.05, 4.69) is 5.32 Å². The van der Waals surface area contributed by atoms with E-state index in [4.69, 9.17) is 0 Å². The van der Waals surface area contributed by atoms with Crippen LogP contribution in [-0.2, 0) is 9.59 Å². The minimum Gasteiger partial charge on any atom is -0.355 e. The third-order valence-electron chi connectivity index (χ3n) is 2.38. The quantitative estimate of drug-likeness (QED) is 0.776. The number of hydrogen-bond donors (Lipinski definition) is 1. The fraction of sp³-hybridized carbons (Fsp3) is 0.867. The van der Waals surface area contributed by atoms with E-state index >= 15 is 0 Å². The number of amides is 1. The van der Waals surface area contributed by atoms with Gasteiger partial charge in [-0.2, -0.15) is 0 Å². The monoisotopic (exact) mass is 274 g/mol. The van der Waals surface area contributed by atoms with Crippen LogP contribution in [-0.4, -0.2) is 43.8 Å². The van der Waals surface area contributed by atoms with Crippen molar-refractivity contribution in [3.8, 4) is 0 Å². The molecule has 116 valence electrons. The summed E-state index contributed by atoms with van der Waals surface area (Å²) in [5.74, 6) is -0.0523. The SMILES string of the molecule is CC.CC.CCC(CC(=O)NCCN(C)C)C(C)=O. The number of rotatable bonds is 7. The van der Waals surface area contributed by atoms with Gasteiger partial charge in [0.25, 0.3) is 0 Å². The molecule has 1 N–H and O–H groups in total. The number of likely N-dealkylation sites (N-methyl/N-ethyl adjacent to an activating group) is 1. The van der Waals surface area contributed by atoms with Crippen molar-refractivity contribution in [2.45, 2.75) is 54.4 Å². The Morgan fingerprint density at radius 3 is 1.89 bits per heavy atom. The van der Waals surface area contributed by atoms with Crippen molar-refractivity contribution in [2.24, 2.45) is 5.92 Å². The molecule has 0 bridgehead atoms. The van der Waals surface area contributed by atoms with Gasteiger partial charge in [-0.1, -0.05) is 34.6 Å². The Morgan fingerprint density at radius 2 is 1.58 bits per heavy atom. The van der Waals surface area contributed by atoms with Gasteiger partial charge in [-0.15, -0.1) is 0 Å². The third-order valence-corrected chi connectivity index (χ3v) is 2.38. The molecule has 1 atom stereocenters. The zero-order valence-corrected chi connectivity index (χ0v) is 14.2. The van der Waals surface area contributed by atoms with E-state index in [9.17, 15) is 9.59 Å². The molecule has 0 aliphatic heterocycles. The maximum Gasteiger partial charge on any atom is 0.220 e. The van der Waals surface area contributed by atoms with E-state index in [0.717, 1.165) is 13.0 Å². The maximum atomic E-state index is 11.4. The van der Waals surface area contributed by atoms with Gasteiger partial charge in [-0.25, -0.2) is 0 Å². The number of ketones is 1. The predicted molar refractivity (Wildman–Crippen MR) is 83.3 cm³/mol. The lowest BCUT2D eigenvalue weighted by Crippen LogP contribution is -2.33. The smallest absolute Gasteiger partial charge is 0.220 e. The second kappa shape index (κ2) is 17.1. The molecule has 0 heterocycles. The molecule has 1 unspecified atom stereocenters. The molecule has 0 aromatic heterocycles. The predicted octanol–water partition coefficient (Wildman–Crippen LogP) is 2.72. The molecule has 0 aromatic carbocycles. The summed E-state index contributed by atoms with van der Waals surface area (Å²) in [7, 11) is 3.91. The summed E-state index contributed by atoms with van der Waals surface area (Å²) >= 11 is 0. The first-order valence-electron chi connectivity index (χ1n) is 7.39. The van der Waals surface area contributed by atoms with Gasteiger partial charge in [0.05, 0.1) is 0 Å². The molecule has 0 aromatic rings. The van der Waals surface area contributed by atoms with E-state index < -0.39 is 0 Å². The molecule has 0 aliphatic carbocycles. The normalized spacial score (nSPS) is 10.6. The summed E-state index contributed by atoms with van der Waals surface area (Å²) in [6, 6.07) is 0. The third kappa shape index (κ3) is 17.1. The minimum absolute atomic E-state index is 0.0288. The Bertz CT molecular complexity index is 216. The molecule has 19 heavy (non-hydrogen) atoms. The highest BCUT2D eigenvalue weighted by molar-refractivity contribution is 5.85. The van der Waals surface area contributed by atoms with Crippen LogP contribution in [0.3, 0.4) is 0 Å². The Kier molecular flexibility index (Phi) is 20.9. The molecule has 4 nitrogen and oxygen atoms in total. The van der Waals surface area contributed by atoms with Crippen LogP contribution in [0.5, 0.6) is 0 Å². The number of nitrogens with one attached hydrogen (secondary N) is 1. The molecule has 0 spiro atoms. The second-order valence-electron chi connectivity index (χ2n) is 4.07. The average Bonchev–Trinajstić information content (AvgIpc) is 2.40. The van der Waals surface area contributed by atoms with E-state index in [1.807, 2.05) is 53.6 Å². The first-order chi connectivity index (χ1) is 8.97. The number of carbonyl (C=O) groups is 2. The summed E-state index contributed by atoms with van der Waals surface area (Å²) < 4.78 is 0. The molecule has 0 aliphatic rings. The van der Waals surface area contributed by atoms with E-state index in [-0.39, 0.29) is 17.6 Å². The summed E-state index contributed by atoms with van der Waals surface area (Å²) in [5.41, 5.74) is 0. The molecule has 0 saturated heterocycles. The van der Waals surface area contributed by atoms with Crippen molar-refractivity contribution in [1.82, 2.24) is 10.2 Å². The topological polar surface area (TPSA) is 49.4 Å². The van der Waals surface area contributed by atoms with Gasteiger partial charge in [0.1, 0.15) is 5.78 Å². The number of Topliss-reactive ketones (excluding diaryl/α,β-unsaturated/α-hetero) is 1. The van der Waals surface area contributed by atoms with Crippen LogP contribution in [0.2, 0.25) is 0 Å². The van der Waals surface area contributed by atoms with Crippen molar-refractivity contribution >= 4 is 11.7 Å². The Hall–Kier alpha value is -0.900. The van der Waals surface area contributed by atoms with Gasteiger partial charge in [-0.3, -0.25) is 9.59 Å². The summed E-state index contributed by atoms with van der Waals surface area (Å²) in [6.07, 6.45) is 1.05. The van der Waals surface area contributed by atoms with E-state index in [0.29, 0.717) is 13.0 Å². The van der Waals surface area contributed by atoms with Gasteiger partial charge in [-0.05, 0) is 27.4 Å². The Morgan fingerprint density at radius 1 is 1.11 bits per heavy atom. The van der Waals surface area contributed by atoms with E-state index in [1.165, 1.54) is 0 Å². The summed E-state index contributed by atoms with van der Waals surface area (Å²) in [4.78, 5) is 24.5. The zero-order chi connectivity index (χ0) is 15.8. The molecule has 0 rings (SSSR count). The minimum atomic E-state index is -0.121. The van der Waals surface area contributed by atoms with Crippen LogP contribution < -0.4 is 5.32 Å². The number of carbonyl (C=O) groups excluding carboxylic acids is 2. The highest BCUT2D eigenvalue weighted by Gasteiger charge is 2.15. The fourth-order valence-corrected chi connectivity index (χ4v) is 1.29. The lowest BCUT2D eigenvalue weighted by Gasteiger charge is -2.13. The lowest BCUT2D eigenvalue weighted by molar-refractivity contribution is -0.128. The molecule has 0 fully saturated rings. The van der Waals surface area contributed by atoms with Crippen LogP contribution in [0.4, 0.5) is 0 Å². The first-order valence-corrected chi connectivity index (χ1v) is 7.39. The van der Waals surface area contributed by atoms with Crippen molar-refractivity contribution in [1.29, 1.82) is 0 Å². The highest BCUT2D eigenvalue weighted by atomic mass is 16.2. The second-order valence-corrected chi connectivity index (χ2v) is 4.07. The highest BCUT2D eigenvalue weighted by Crippen LogP contribution is 2.08. The number of nitrogens with zero attached hydrogens (tertiary/aromatic N) is 1. The van der Waals surface area contributed by atoms with Crippen molar-refractivity contribution in [3.63, 3.8) is 0 Å². The first kappa shape index (κ1) is 23.2. The Labute approximate surface area is 119 Å². The molecule has 4 heteroatoms. The van der Waals surface area contributed by atoms with Gasteiger partial charge >= 0.3 is 0 Å². The van der Waals surface area contributed by atoms with Gasteiger partial charge in [0.2, 0.25) is 5.91 Å². The van der Waals surface area contributed by atoms with E-state index in [1.54, 1.807) is 6.92 Å². The average molecular weight is 274 g/mol. The van der Waals surface area contributed by atoms with Crippen LogP contribution >= 0.6 is 0 Å². The van der Waals surface area contributed by atoms with Gasteiger partial charge in [0.15, 0.2) is 0 Å². The molecule has 0 radical (unpaired) electrons. The van der Waals surface area contributed by atoms with Crippen molar-refractivity contribution in [3.05, 3.63) is 0 Å². The van der Waals surface area contributed by atoms with Crippen LogP contribution in [0.25, 0.3) is 0 Å². The number of hydrogen-bond acceptors (Lipinski definition) is 3. The molecular weight excluding hydrogens is 240 g/mol. The van der Waals surface area contributed by atoms with Crippen LogP contribution in [0, 0.1) is 5.92 Å². The molecular formula is C15H34N2O2. The summed E-state index contributed by atoms with van der Waals surface area (Å²) in [5, 5.41) is 2.80. The molecule has 1 amide bonds. The standard InChI is InChI=1S/C11H22N2O2.2C2H6/c1-5-10(9(2)14)8-11(15)12-6-7-13(3)4;2*1-2/h10H,5-8H2,1-4H3,(H,12,15);2*1-2H3. The van der Waals surface area contributed by atoms with Crippen LogP contribution in [0.15, 0.2) is 0 Å².